The summed E-state index contributed by atoms with van der Waals surface area (Å²) in [4.78, 5) is 11.8. The molecule has 2 unspecified atom stereocenters. The SMILES string of the molecule is COC1O[C@H](CNC(=O)/C=C/c2ccccc2)C(O)[C@@H](O)[C@@H]1O. The molecule has 5 atom stereocenters. The fourth-order valence-corrected chi connectivity index (χ4v) is 2.28. The molecule has 7 nitrogen and oxygen atoms in total. The Morgan fingerprint density at radius 2 is 1.91 bits per heavy atom. The maximum absolute atomic E-state index is 11.8. The van der Waals surface area contributed by atoms with Gasteiger partial charge in [0.2, 0.25) is 5.91 Å². The number of aliphatic hydroxyl groups is 3. The van der Waals surface area contributed by atoms with Gasteiger partial charge in [-0.2, -0.15) is 0 Å². The van der Waals surface area contributed by atoms with Crippen LogP contribution in [0.4, 0.5) is 0 Å². The van der Waals surface area contributed by atoms with Crippen LogP contribution in [0, 0.1) is 0 Å². The van der Waals surface area contributed by atoms with Gasteiger partial charge in [-0.05, 0) is 11.6 Å². The van der Waals surface area contributed by atoms with Crippen LogP contribution >= 0.6 is 0 Å². The number of benzene rings is 1. The normalized spacial score (nSPS) is 31.2. The number of amides is 1. The van der Waals surface area contributed by atoms with Gasteiger partial charge in [-0.3, -0.25) is 4.79 Å². The first-order valence-electron chi connectivity index (χ1n) is 7.26. The molecule has 0 aliphatic carbocycles. The molecule has 1 aliphatic rings. The number of nitrogens with one attached hydrogen (secondary N) is 1. The van der Waals surface area contributed by atoms with E-state index in [1.807, 2.05) is 30.3 Å². The standard InChI is InChI=1S/C16H21NO6/c1-22-16-15(21)14(20)13(19)11(23-16)9-17-12(18)8-7-10-5-3-2-4-6-10/h2-8,11,13-16,19-21H,9H2,1H3,(H,17,18)/b8-7+/t11-,13?,14-,15+,16?/m1/s1. The number of carbonyl (C=O) groups excluding carboxylic acids is 1. The summed E-state index contributed by atoms with van der Waals surface area (Å²) in [6.45, 7) is -0.0250. The quantitative estimate of drug-likeness (QED) is 0.532. The molecule has 7 heteroatoms. The van der Waals surface area contributed by atoms with Gasteiger partial charge < -0.3 is 30.1 Å². The van der Waals surface area contributed by atoms with E-state index in [1.165, 1.54) is 13.2 Å². The number of hydrogen-bond donors (Lipinski definition) is 4. The monoisotopic (exact) mass is 323 g/mol. The van der Waals surface area contributed by atoms with Crippen LogP contribution < -0.4 is 5.32 Å². The van der Waals surface area contributed by atoms with Gasteiger partial charge in [0, 0.05) is 19.7 Å². The van der Waals surface area contributed by atoms with Crippen molar-refractivity contribution in [2.24, 2.45) is 0 Å². The summed E-state index contributed by atoms with van der Waals surface area (Å²) in [5.41, 5.74) is 0.884. The zero-order valence-corrected chi connectivity index (χ0v) is 12.7. The maximum Gasteiger partial charge on any atom is 0.244 e. The van der Waals surface area contributed by atoms with Gasteiger partial charge in [0.1, 0.15) is 24.4 Å². The van der Waals surface area contributed by atoms with E-state index in [0.717, 1.165) is 5.56 Å². The Morgan fingerprint density at radius 1 is 1.22 bits per heavy atom. The largest absolute Gasteiger partial charge is 0.388 e. The molecule has 1 aliphatic heterocycles. The van der Waals surface area contributed by atoms with Crippen LogP contribution in [0.5, 0.6) is 0 Å². The Balaban J connectivity index is 1.87. The molecule has 1 aromatic carbocycles. The van der Waals surface area contributed by atoms with Crippen molar-refractivity contribution in [2.75, 3.05) is 13.7 Å². The highest BCUT2D eigenvalue weighted by Gasteiger charge is 2.43. The number of hydrogen-bond acceptors (Lipinski definition) is 6. The lowest BCUT2D eigenvalue weighted by atomic mass is 9.99. The van der Waals surface area contributed by atoms with Gasteiger partial charge in [-0.1, -0.05) is 30.3 Å². The second-order valence-electron chi connectivity index (χ2n) is 5.24. The average molecular weight is 323 g/mol. The number of aliphatic hydroxyl groups excluding tert-OH is 3. The Bertz CT molecular complexity index is 533. The lowest BCUT2D eigenvalue weighted by Gasteiger charge is -2.39. The third kappa shape index (κ3) is 4.60. The van der Waals surface area contributed by atoms with E-state index in [0.29, 0.717) is 0 Å². The van der Waals surface area contributed by atoms with Gasteiger partial charge in [0.05, 0.1) is 0 Å². The molecule has 0 spiro atoms. The minimum absolute atomic E-state index is 0.0250. The van der Waals surface area contributed by atoms with Gasteiger partial charge >= 0.3 is 0 Å². The van der Waals surface area contributed by atoms with Crippen molar-refractivity contribution in [2.45, 2.75) is 30.7 Å². The zero-order valence-electron chi connectivity index (χ0n) is 12.7. The average Bonchev–Trinajstić information content (AvgIpc) is 2.58. The fourth-order valence-electron chi connectivity index (χ4n) is 2.28. The van der Waals surface area contributed by atoms with Crippen molar-refractivity contribution in [3.63, 3.8) is 0 Å². The van der Waals surface area contributed by atoms with Crippen molar-refractivity contribution in [3.05, 3.63) is 42.0 Å². The smallest absolute Gasteiger partial charge is 0.244 e. The first kappa shape index (κ1) is 17.6. The van der Waals surface area contributed by atoms with Crippen LogP contribution in [0.2, 0.25) is 0 Å². The van der Waals surface area contributed by atoms with Gasteiger partial charge in [0.25, 0.3) is 0 Å². The first-order chi connectivity index (χ1) is 11.0. The number of methoxy groups -OCH3 is 1. The summed E-state index contributed by atoms with van der Waals surface area (Å²) in [7, 11) is 1.32. The van der Waals surface area contributed by atoms with Crippen molar-refractivity contribution in [3.8, 4) is 0 Å². The fraction of sp³-hybridized carbons (Fsp3) is 0.438. The Morgan fingerprint density at radius 3 is 2.57 bits per heavy atom. The van der Waals surface area contributed by atoms with Crippen LogP contribution in [0.15, 0.2) is 36.4 Å². The third-order valence-corrected chi connectivity index (χ3v) is 3.61. The highest BCUT2D eigenvalue weighted by molar-refractivity contribution is 5.91. The molecule has 1 saturated heterocycles. The van der Waals surface area contributed by atoms with E-state index < -0.39 is 30.7 Å². The summed E-state index contributed by atoms with van der Waals surface area (Å²) in [5.74, 6) is -0.362. The van der Waals surface area contributed by atoms with Gasteiger partial charge in [-0.25, -0.2) is 0 Å². The second-order valence-corrected chi connectivity index (χ2v) is 5.24. The molecule has 0 bridgehead atoms. The van der Waals surface area contributed by atoms with Crippen LogP contribution in [0.25, 0.3) is 6.08 Å². The summed E-state index contributed by atoms with van der Waals surface area (Å²) < 4.78 is 10.2. The van der Waals surface area contributed by atoms with Crippen LogP contribution in [-0.2, 0) is 14.3 Å². The predicted molar refractivity (Wildman–Crippen MR) is 82.2 cm³/mol. The molecule has 1 aromatic rings. The third-order valence-electron chi connectivity index (χ3n) is 3.61. The molecular formula is C16H21NO6. The molecule has 1 amide bonds. The van der Waals surface area contributed by atoms with Crippen molar-refractivity contribution >= 4 is 12.0 Å². The van der Waals surface area contributed by atoms with E-state index in [-0.39, 0.29) is 12.5 Å². The molecule has 1 heterocycles. The van der Waals surface area contributed by atoms with E-state index in [2.05, 4.69) is 5.32 Å². The summed E-state index contributed by atoms with van der Waals surface area (Å²) in [5, 5.41) is 31.9. The van der Waals surface area contributed by atoms with Crippen molar-refractivity contribution in [1.82, 2.24) is 5.32 Å². The molecule has 2 rings (SSSR count). The molecule has 1 fully saturated rings. The van der Waals surface area contributed by atoms with Gasteiger partial charge in [-0.15, -0.1) is 0 Å². The number of ether oxygens (including phenoxy) is 2. The maximum atomic E-state index is 11.8. The zero-order chi connectivity index (χ0) is 16.8. The second kappa shape index (κ2) is 8.19. The minimum Gasteiger partial charge on any atom is -0.388 e. The van der Waals surface area contributed by atoms with Crippen LogP contribution in [-0.4, -0.2) is 65.6 Å². The van der Waals surface area contributed by atoms with Crippen LogP contribution in [0.1, 0.15) is 5.56 Å². The highest BCUT2D eigenvalue weighted by atomic mass is 16.7. The predicted octanol–water partition coefficient (Wildman–Crippen LogP) is -0.730. The molecular weight excluding hydrogens is 302 g/mol. The van der Waals surface area contributed by atoms with E-state index in [9.17, 15) is 20.1 Å². The van der Waals surface area contributed by atoms with Crippen molar-refractivity contribution in [1.29, 1.82) is 0 Å². The minimum atomic E-state index is -1.41. The Hall–Kier alpha value is -1.77. The van der Waals surface area contributed by atoms with Crippen LogP contribution in [0.3, 0.4) is 0 Å². The molecule has 126 valence electrons. The van der Waals surface area contributed by atoms with E-state index in [4.69, 9.17) is 9.47 Å². The summed E-state index contributed by atoms with van der Waals surface area (Å²) >= 11 is 0. The topological polar surface area (TPSA) is 108 Å². The highest BCUT2D eigenvalue weighted by Crippen LogP contribution is 2.21. The molecule has 4 N–H and O–H groups in total. The van der Waals surface area contributed by atoms with Crippen molar-refractivity contribution < 1.29 is 29.6 Å². The molecule has 0 radical (unpaired) electrons. The summed E-state index contributed by atoms with van der Waals surface area (Å²) in [6, 6.07) is 9.32. The lowest BCUT2D eigenvalue weighted by molar-refractivity contribution is -0.288. The van der Waals surface area contributed by atoms with E-state index in [1.54, 1.807) is 6.08 Å². The Kier molecular flexibility index (Phi) is 6.26. The van der Waals surface area contributed by atoms with E-state index >= 15 is 0 Å². The summed E-state index contributed by atoms with van der Waals surface area (Å²) in [6.07, 6.45) is -3.00. The molecule has 23 heavy (non-hydrogen) atoms. The number of rotatable bonds is 5. The molecule has 0 aromatic heterocycles. The lowest BCUT2D eigenvalue weighted by Crippen LogP contribution is -2.60. The first-order valence-corrected chi connectivity index (χ1v) is 7.26. The van der Waals surface area contributed by atoms with Gasteiger partial charge in [0.15, 0.2) is 6.29 Å². The molecule has 0 saturated carbocycles. The Labute approximate surface area is 134 Å². The number of carbonyl (C=O) groups is 1.